The number of hydrogen-bond donors (Lipinski definition) is 2. The number of carboxylic acids is 1. The molecule has 2 saturated heterocycles. The standard InChI is InChI=1S/C24H35N2O7P/c1-26-17-10-11-19(26)23(20(16-17)33-34(2,31)18-8-4-3-5-9-18)24(30)32-15-7-6-14-25-21(27)12-13-22(28)29/h3-5,8-9,17,19-20,23H,6-7,10-16H2,1-2H3,(H,25,27)(H,28,29)/t17?,19?,20-,23+,34?/m0/s1. The van der Waals surface area contributed by atoms with Crippen LogP contribution in [0.3, 0.4) is 0 Å². The van der Waals surface area contributed by atoms with E-state index in [2.05, 4.69) is 10.2 Å². The van der Waals surface area contributed by atoms with Gasteiger partial charge >= 0.3 is 11.9 Å². The molecule has 34 heavy (non-hydrogen) atoms. The topological polar surface area (TPSA) is 122 Å². The maximum Gasteiger partial charge on any atom is 0.313 e. The minimum absolute atomic E-state index is 0.000506. The van der Waals surface area contributed by atoms with Crippen LogP contribution in [0.5, 0.6) is 0 Å². The van der Waals surface area contributed by atoms with Gasteiger partial charge in [0, 0.05) is 37.0 Å². The first-order chi connectivity index (χ1) is 16.2. The molecule has 5 atom stereocenters. The number of carboxylic acid groups (broad SMARTS) is 1. The molecule has 0 aromatic heterocycles. The number of rotatable bonds is 12. The maximum atomic E-state index is 13.4. The summed E-state index contributed by atoms with van der Waals surface area (Å²) < 4.78 is 25.2. The highest BCUT2D eigenvalue weighted by Gasteiger charge is 2.51. The van der Waals surface area contributed by atoms with Crippen molar-refractivity contribution >= 4 is 30.5 Å². The second-order valence-electron chi connectivity index (χ2n) is 9.17. The third-order valence-electron chi connectivity index (χ3n) is 6.75. The van der Waals surface area contributed by atoms with Crippen molar-refractivity contribution in [3.05, 3.63) is 30.3 Å². The number of piperidine rings is 1. The molecule has 1 aromatic carbocycles. The molecule has 0 saturated carbocycles. The highest BCUT2D eigenvalue weighted by atomic mass is 31.2. The fourth-order valence-electron chi connectivity index (χ4n) is 4.89. The van der Waals surface area contributed by atoms with Gasteiger partial charge in [0.2, 0.25) is 13.3 Å². The van der Waals surface area contributed by atoms with Crippen LogP contribution in [0.1, 0.15) is 44.9 Å². The molecule has 9 nitrogen and oxygen atoms in total. The molecule has 2 N–H and O–H groups in total. The summed E-state index contributed by atoms with van der Waals surface area (Å²) in [6.07, 6.45) is 2.97. The van der Waals surface area contributed by atoms with Gasteiger partial charge in [-0.2, -0.15) is 0 Å². The lowest BCUT2D eigenvalue weighted by Crippen LogP contribution is -2.53. The molecule has 2 heterocycles. The van der Waals surface area contributed by atoms with Gasteiger partial charge in [0.15, 0.2) is 0 Å². The molecule has 2 aliphatic rings. The molecule has 0 spiro atoms. The average molecular weight is 495 g/mol. The molecule has 3 unspecified atom stereocenters. The molecule has 2 fully saturated rings. The highest BCUT2D eigenvalue weighted by molar-refractivity contribution is 7.66. The lowest BCUT2D eigenvalue weighted by molar-refractivity contribution is -0.157. The molecular weight excluding hydrogens is 459 g/mol. The van der Waals surface area contributed by atoms with Crippen molar-refractivity contribution in [1.82, 2.24) is 10.2 Å². The monoisotopic (exact) mass is 494 g/mol. The van der Waals surface area contributed by atoms with E-state index in [1.165, 1.54) is 0 Å². The van der Waals surface area contributed by atoms with Crippen LogP contribution >= 0.6 is 7.37 Å². The van der Waals surface area contributed by atoms with Crippen LogP contribution in [0.15, 0.2) is 30.3 Å². The van der Waals surface area contributed by atoms with E-state index in [-0.39, 0.29) is 37.4 Å². The van der Waals surface area contributed by atoms with E-state index in [9.17, 15) is 18.9 Å². The lowest BCUT2D eigenvalue weighted by atomic mass is 9.88. The minimum Gasteiger partial charge on any atom is -0.481 e. The number of nitrogens with one attached hydrogen (secondary N) is 1. The van der Waals surface area contributed by atoms with E-state index in [0.29, 0.717) is 37.2 Å². The van der Waals surface area contributed by atoms with Gasteiger partial charge in [0.05, 0.1) is 25.0 Å². The predicted molar refractivity (Wildman–Crippen MR) is 127 cm³/mol. The molecule has 2 bridgehead atoms. The quantitative estimate of drug-likeness (QED) is 0.258. The number of ether oxygens (including phenoxy) is 1. The van der Waals surface area contributed by atoms with E-state index in [4.69, 9.17) is 14.4 Å². The third-order valence-corrected chi connectivity index (χ3v) is 8.66. The molecule has 1 aromatic rings. The molecule has 10 heteroatoms. The number of esters is 1. The SMILES string of the molecule is CN1C2CCC1[C@@H](C(=O)OCCCCNC(=O)CCC(=O)O)[C@@H](OP(C)(=O)c1ccccc1)C2. The Morgan fingerprint density at radius 2 is 1.88 bits per heavy atom. The fourth-order valence-corrected chi connectivity index (χ4v) is 6.46. The van der Waals surface area contributed by atoms with E-state index >= 15 is 0 Å². The number of amides is 1. The smallest absolute Gasteiger partial charge is 0.313 e. The number of nitrogens with zero attached hydrogens (tertiary/aromatic N) is 1. The lowest BCUT2D eigenvalue weighted by Gasteiger charge is -2.42. The first-order valence-corrected chi connectivity index (χ1v) is 13.9. The fraction of sp³-hybridized carbons (Fsp3) is 0.625. The normalized spacial score (nSPS) is 25.9. The molecule has 0 radical (unpaired) electrons. The van der Waals surface area contributed by atoms with Crippen LogP contribution in [-0.2, 0) is 28.2 Å². The number of unbranched alkanes of at least 4 members (excludes halogenated alkanes) is 1. The Bertz CT molecular complexity index is 910. The first kappa shape index (κ1) is 26.4. The molecule has 2 aliphatic heterocycles. The third kappa shape index (κ3) is 6.90. The van der Waals surface area contributed by atoms with Gasteiger partial charge in [-0.1, -0.05) is 18.2 Å². The van der Waals surface area contributed by atoms with Crippen molar-refractivity contribution in [2.75, 3.05) is 26.9 Å². The van der Waals surface area contributed by atoms with E-state index in [1.54, 1.807) is 18.8 Å². The largest absolute Gasteiger partial charge is 0.481 e. The van der Waals surface area contributed by atoms with E-state index in [0.717, 1.165) is 12.8 Å². The Kier molecular flexibility index (Phi) is 9.28. The second kappa shape index (κ2) is 12.0. The summed E-state index contributed by atoms with van der Waals surface area (Å²) in [4.78, 5) is 37.4. The highest BCUT2D eigenvalue weighted by Crippen LogP contribution is 2.49. The Hall–Kier alpha value is -2.22. The zero-order valence-electron chi connectivity index (χ0n) is 19.9. The van der Waals surface area contributed by atoms with Gasteiger partial charge in [0.25, 0.3) is 0 Å². The Balaban J connectivity index is 1.51. The van der Waals surface area contributed by atoms with Crippen LogP contribution < -0.4 is 10.6 Å². The number of hydrogen-bond acceptors (Lipinski definition) is 7. The van der Waals surface area contributed by atoms with Crippen LogP contribution in [0.25, 0.3) is 0 Å². The number of carbonyl (C=O) groups excluding carboxylic acids is 2. The molecule has 3 rings (SSSR count). The van der Waals surface area contributed by atoms with E-state index < -0.39 is 25.4 Å². The zero-order valence-corrected chi connectivity index (χ0v) is 20.7. The van der Waals surface area contributed by atoms with Gasteiger partial charge in [-0.25, -0.2) is 0 Å². The van der Waals surface area contributed by atoms with Gasteiger partial charge < -0.3 is 19.7 Å². The summed E-state index contributed by atoms with van der Waals surface area (Å²) in [6.45, 7) is 2.22. The summed E-state index contributed by atoms with van der Waals surface area (Å²) >= 11 is 0. The zero-order chi connectivity index (χ0) is 24.7. The summed E-state index contributed by atoms with van der Waals surface area (Å²) in [7, 11) is -1.08. The molecule has 1 amide bonds. The molecule has 188 valence electrons. The average Bonchev–Trinajstić information content (AvgIpc) is 3.03. The first-order valence-electron chi connectivity index (χ1n) is 11.9. The van der Waals surface area contributed by atoms with Crippen molar-refractivity contribution in [3.63, 3.8) is 0 Å². The summed E-state index contributed by atoms with van der Waals surface area (Å²) in [5.74, 6) is -2.14. The number of fused-ring (bicyclic) bond motifs is 2. The number of aliphatic carboxylic acids is 1. The van der Waals surface area contributed by atoms with Crippen molar-refractivity contribution in [1.29, 1.82) is 0 Å². The van der Waals surface area contributed by atoms with Crippen molar-refractivity contribution in [2.45, 2.75) is 63.1 Å². The predicted octanol–water partition coefficient (Wildman–Crippen LogP) is 2.39. The number of carbonyl (C=O) groups is 3. The number of benzene rings is 1. The van der Waals surface area contributed by atoms with E-state index in [1.807, 2.05) is 25.2 Å². The van der Waals surface area contributed by atoms with Gasteiger partial charge in [0.1, 0.15) is 0 Å². The van der Waals surface area contributed by atoms with Gasteiger partial charge in [-0.15, -0.1) is 0 Å². The summed E-state index contributed by atoms with van der Waals surface area (Å²) in [5.41, 5.74) is 0. The van der Waals surface area contributed by atoms with Crippen molar-refractivity contribution in [2.24, 2.45) is 5.92 Å². The Morgan fingerprint density at radius 3 is 2.59 bits per heavy atom. The van der Waals surface area contributed by atoms with Crippen molar-refractivity contribution < 1.29 is 33.3 Å². The van der Waals surface area contributed by atoms with Crippen LogP contribution in [0.2, 0.25) is 0 Å². The molecule has 0 aliphatic carbocycles. The minimum atomic E-state index is -3.10. The van der Waals surface area contributed by atoms with Crippen LogP contribution in [0.4, 0.5) is 0 Å². The van der Waals surface area contributed by atoms with Gasteiger partial charge in [-0.3, -0.25) is 23.8 Å². The van der Waals surface area contributed by atoms with Crippen molar-refractivity contribution in [3.8, 4) is 0 Å². The Labute approximate surface area is 200 Å². The summed E-state index contributed by atoms with van der Waals surface area (Å²) in [5, 5.41) is 11.9. The molecular formula is C24H35N2O7P. The second-order valence-corrected chi connectivity index (χ2v) is 11.6. The summed E-state index contributed by atoms with van der Waals surface area (Å²) in [6, 6.07) is 9.40. The van der Waals surface area contributed by atoms with Gasteiger partial charge in [-0.05, 0) is 51.3 Å². The van der Waals surface area contributed by atoms with Crippen LogP contribution in [0, 0.1) is 5.92 Å². The Morgan fingerprint density at radius 1 is 1.15 bits per heavy atom. The maximum absolute atomic E-state index is 13.4. The van der Waals surface area contributed by atoms with Crippen LogP contribution in [-0.4, -0.2) is 72.9 Å².